The molecule has 0 saturated heterocycles. The van der Waals surface area contributed by atoms with Crippen LogP contribution >= 0.6 is 0 Å². The summed E-state index contributed by atoms with van der Waals surface area (Å²) in [5, 5.41) is 2.78. The Morgan fingerprint density at radius 1 is 1.50 bits per heavy atom. The largest absolute Gasteiger partial charge is 0.325 e. The monoisotopic (exact) mass is 186 g/mol. The summed E-state index contributed by atoms with van der Waals surface area (Å²) in [6.07, 6.45) is 0.472. The van der Waals surface area contributed by atoms with Crippen LogP contribution in [0, 0.1) is 11.8 Å². The van der Waals surface area contributed by atoms with Crippen molar-refractivity contribution in [2.45, 2.75) is 6.42 Å². The number of rotatable bonds is 0. The van der Waals surface area contributed by atoms with Crippen molar-refractivity contribution in [1.82, 2.24) is 0 Å². The van der Waals surface area contributed by atoms with Crippen molar-refractivity contribution in [2.24, 2.45) is 5.73 Å². The van der Waals surface area contributed by atoms with Crippen LogP contribution in [0.15, 0.2) is 18.2 Å². The van der Waals surface area contributed by atoms with Gasteiger partial charge in [0.1, 0.15) is 0 Å². The maximum atomic E-state index is 11.1. The summed E-state index contributed by atoms with van der Waals surface area (Å²) < 4.78 is 0. The molecule has 0 aliphatic carbocycles. The fourth-order valence-corrected chi connectivity index (χ4v) is 1.45. The Bertz CT molecular complexity index is 440. The Kier molecular flexibility index (Phi) is 2.21. The van der Waals surface area contributed by atoms with Crippen molar-refractivity contribution in [3.05, 3.63) is 29.3 Å². The van der Waals surface area contributed by atoms with E-state index in [0.29, 0.717) is 13.0 Å². The second-order valence-electron chi connectivity index (χ2n) is 3.10. The van der Waals surface area contributed by atoms with Crippen LogP contribution in [0.1, 0.15) is 11.1 Å². The summed E-state index contributed by atoms with van der Waals surface area (Å²) in [5.41, 5.74) is 8.06. The first-order valence-electron chi connectivity index (χ1n) is 4.41. The summed E-state index contributed by atoms with van der Waals surface area (Å²) >= 11 is 0. The smallest absolute Gasteiger partial charge is 0.228 e. The van der Waals surface area contributed by atoms with Crippen LogP contribution in [0.2, 0.25) is 0 Å². The Labute approximate surface area is 82.3 Å². The fraction of sp³-hybridized carbons (Fsp3) is 0.182. The molecule has 1 aliphatic rings. The van der Waals surface area contributed by atoms with Crippen LogP contribution in [-0.2, 0) is 11.2 Å². The van der Waals surface area contributed by atoms with Gasteiger partial charge in [-0.2, -0.15) is 0 Å². The molecule has 1 aromatic rings. The molecule has 3 nitrogen and oxygen atoms in total. The van der Waals surface area contributed by atoms with Gasteiger partial charge in [-0.05, 0) is 17.7 Å². The van der Waals surface area contributed by atoms with E-state index in [0.717, 1.165) is 16.8 Å². The van der Waals surface area contributed by atoms with Gasteiger partial charge in [0.15, 0.2) is 0 Å². The van der Waals surface area contributed by atoms with Gasteiger partial charge in [-0.1, -0.05) is 17.9 Å². The van der Waals surface area contributed by atoms with E-state index in [4.69, 9.17) is 5.73 Å². The third-order valence-electron chi connectivity index (χ3n) is 2.07. The summed E-state index contributed by atoms with van der Waals surface area (Å²) in [7, 11) is 0. The number of anilines is 1. The lowest BCUT2D eigenvalue weighted by Crippen LogP contribution is -2.03. The third-order valence-corrected chi connectivity index (χ3v) is 2.07. The maximum absolute atomic E-state index is 11.1. The average Bonchev–Trinajstić information content (AvgIpc) is 2.54. The number of nitrogens with one attached hydrogen (secondary N) is 1. The summed E-state index contributed by atoms with van der Waals surface area (Å²) in [4.78, 5) is 11.1. The molecule has 1 amide bonds. The van der Waals surface area contributed by atoms with Crippen molar-refractivity contribution in [3.63, 3.8) is 0 Å². The number of hydrogen-bond acceptors (Lipinski definition) is 2. The van der Waals surface area contributed by atoms with E-state index in [-0.39, 0.29) is 5.91 Å². The molecule has 0 radical (unpaired) electrons. The Morgan fingerprint density at radius 2 is 2.36 bits per heavy atom. The fourth-order valence-electron chi connectivity index (χ4n) is 1.45. The number of carbonyl (C=O) groups excluding carboxylic acids is 1. The molecule has 0 fully saturated rings. The molecule has 0 unspecified atom stereocenters. The Morgan fingerprint density at radius 3 is 3.14 bits per heavy atom. The first kappa shape index (κ1) is 8.79. The highest BCUT2D eigenvalue weighted by molar-refractivity contribution is 5.99. The lowest BCUT2D eigenvalue weighted by Gasteiger charge is -1.97. The minimum absolute atomic E-state index is 0.0453. The van der Waals surface area contributed by atoms with Gasteiger partial charge in [0, 0.05) is 11.3 Å². The number of amides is 1. The maximum Gasteiger partial charge on any atom is 0.228 e. The van der Waals surface area contributed by atoms with Crippen molar-refractivity contribution in [1.29, 1.82) is 0 Å². The molecule has 1 aliphatic heterocycles. The molecule has 3 heteroatoms. The van der Waals surface area contributed by atoms with Gasteiger partial charge in [0.05, 0.1) is 13.0 Å². The minimum atomic E-state index is 0.0453. The van der Waals surface area contributed by atoms with Gasteiger partial charge in [0.25, 0.3) is 0 Å². The predicted octanol–water partition coefficient (Wildman–Crippen LogP) is 0.491. The lowest BCUT2D eigenvalue weighted by atomic mass is 10.1. The Hall–Kier alpha value is -1.79. The summed E-state index contributed by atoms with van der Waals surface area (Å²) in [5.74, 6) is 5.74. The first-order valence-corrected chi connectivity index (χ1v) is 4.41. The SMILES string of the molecule is NCC#Cc1ccc2c(c1)NC(=O)C2. The van der Waals surface area contributed by atoms with Gasteiger partial charge >= 0.3 is 0 Å². The van der Waals surface area contributed by atoms with Crippen LogP contribution in [0.25, 0.3) is 0 Å². The van der Waals surface area contributed by atoms with Gasteiger partial charge in [-0.15, -0.1) is 0 Å². The molecule has 1 aromatic carbocycles. The van der Waals surface area contributed by atoms with Crippen LogP contribution in [-0.4, -0.2) is 12.5 Å². The van der Waals surface area contributed by atoms with E-state index in [1.807, 2.05) is 18.2 Å². The summed E-state index contributed by atoms with van der Waals surface area (Å²) in [6, 6.07) is 5.71. The Balaban J connectivity index is 2.33. The third kappa shape index (κ3) is 1.61. The number of fused-ring (bicyclic) bond motifs is 1. The first-order chi connectivity index (χ1) is 6.79. The summed E-state index contributed by atoms with van der Waals surface area (Å²) in [6.45, 7) is 0.351. The number of benzene rings is 1. The van der Waals surface area contributed by atoms with E-state index < -0.39 is 0 Å². The van der Waals surface area contributed by atoms with Crippen molar-refractivity contribution < 1.29 is 4.79 Å². The molecule has 2 rings (SSSR count). The molecule has 0 saturated carbocycles. The molecule has 0 bridgehead atoms. The topological polar surface area (TPSA) is 55.1 Å². The van der Waals surface area contributed by atoms with Crippen LogP contribution in [0.5, 0.6) is 0 Å². The van der Waals surface area contributed by atoms with Gasteiger partial charge in [-0.25, -0.2) is 0 Å². The standard InChI is InChI=1S/C11H10N2O/c12-5-1-2-8-3-4-9-7-11(14)13-10(9)6-8/h3-4,6H,5,7,12H2,(H,13,14). The zero-order valence-corrected chi connectivity index (χ0v) is 7.63. The van der Waals surface area contributed by atoms with Crippen molar-refractivity contribution in [3.8, 4) is 11.8 Å². The van der Waals surface area contributed by atoms with E-state index in [1.54, 1.807) is 0 Å². The highest BCUT2D eigenvalue weighted by atomic mass is 16.1. The van der Waals surface area contributed by atoms with E-state index >= 15 is 0 Å². The highest BCUT2D eigenvalue weighted by Gasteiger charge is 2.16. The highest BCUT2D eigenvalue weighted by Crippen LogP contribution is 2.23. The molecule has 3 N–H and O–H groups in total. The number of carbonyl (C=O) groups is 1. The minimum Gasteiger partial charge on any atom is -0.325 e. The number of hydrogen-bond donors (Lipinski definition) is 2. The molecule has 70 valence electrons. The molecule has 0 atom stereocenters. The molecule has 1 heterocycles. The molecular formula is C11H10N2O. The van der Waals surface area contributed by atoms with E-state index in [2.05, 4.69) is 17.2 Å². The van der Waals surface area contributed by atoms with E-state index in [9.17, 15) is 4.79 Å². The number of nitrogens with two attached hydrogens (primary N) is 1. The van der Waals surface area contributed by atoms with Gasteiger partial charge in [0.2, 0.25) is 5.91 Å². The molecule has 14 heavy (non-hydrogen) atoms. The van der Waals surface area contributed by atoms with Crippen LogP contribution in [0.3, 0.4) is 0 Å². The average molecular weight is 186 g/mol. The second-order valence-corrected chi connectivity index (χ2v) is 3.10. The molecule has 0 spiro atoms. The predicted molar refractivity (Wildman–Crippen MR) is 54.7 cm³/mol. The lowest BCUT2D eigenvalue weighted by molar-refractivity contribution is -0.115. The van der Waals surface area contributed by atoms with E-state index in [1.165, 1.54) is 0 Å². The quantitative estimate of drug-likeness (QED) is 0.579. The van der Waals surface area contributed by atoms with Gasteiger partial charge < -0.3 is 11.1 Å². The normalized spacial score (nSPS) is 12.8. The second kappa shape index (κ2) is 3.52. The van der Waals surface area contributed by atoms with Crippen LogP contribution in [0.4, 0.5) is 5.69 Å². The van der Waals surface area contributed by atoms with Crippen molar-refractivity contribution in [2.75, 3.05) is 11.9 Å². The zero-order chi connectivity index (χ0) is 9.97. The molecule has 0 aromatic heterocycles. The zero-order valence-electron chi connectivity index (χ0n) is 7.63. The molecular weight excluding hydrogens is 176 g/mol. The van der Waals surface area contributed by atoms with Crippen molar-refractivity contribution >= 4 is 11.6 Å². The van der Waals surface area contributed by atoms with Crippen LogP contribution < -0.4 is 11.1 Å². The van der Waals surface area contributed by atoms with Gasteiger partial charge in [-0.3, -0.25) is 4.79 Å².